The molecule has 1 amide bonds. The summed E-state index contributed by atoms with van der Waals surface area (Å²) in [4.78, 5) is 37.6. The summed E-state index contributed by atoms with van der Waals surface area (Å²) in [6, 6.07) is 11.8. The van der Waals surface area contributed by atoms with Crippen LogP contribution >= 0.6 is 15.9 Å². The first-order chi connectivity index (χ1) is 15.3. The van der Waals surface area contributed by atoms with E-state index in [9.17, 15) is 14.4 Å². The number of carbonyl (C=O) groups excluding carboxylic acids is 3. The van der Waals surface area contributed by atoms with Crippen molar-refractivity contribution in [1.29, 1.82) is 0 Å². The second kappa shape index (κ2) is 12.2. The van der Waals surface area contributed by atoms with Gasteiger partial charge in [-0.15, -0.1) is 0 Å². The first-order valence-corrected chi connectivity index (χ1v) is 11.2. The number of ether oxygens (including phenoxy) is 2. The largest absolute Gasteiger partial charge is 0.494 e. The molecule has 0 aliphatic rings. The van der Waals surface area contributed by atoms with Crippen molar-refractivity contribution in [1.82, 2.24) is 5.01 Å². The van der Waals surface area contributed by atoms with E-state index in [4.69, 9.17) is 9.47 Å². The molecule has 1 atom stereocenters. The van der Waals surface area contributed by atoms with Crippen molar-refractivity contribution in [3.8, 4) is 5.75 Å². The van der Waals surface area contributed by atoms with Crippen LogP contribution in [0.2, 0.25) is 0 Å². The molecule has 0 fully saturated rings. The van der Waals surface area contributed by atoms with Gasteiger partial charge in [-0.05, 0) is 30.0 Å². The summed E-state index contributed by atoms with van der Waals surface area (Å²) in [5, 5.41) is 1.13. The van der Waals surface area contributed by atoms with Crippen LogP contribution < -0.4 is 10.2 Å². The summed E-state index contributed by atoms with van der Waals surface area (Å²) in [5.41, 5.74) is 4.42. The SMILES string of the molecule is CCC(=O)c1cc(Br)cc(OC)c1NN(C(=O)OCc1ccccc1)C(C=O)CC(C)C. The van der Waals surface area contributed by atoms with Crippen molar-refractivity contribution >= 4 is 39.8 Å². The summed E-state index contributed by atoms with van der Waals surface area (Å²) < 4.78 is 11.6. The Morgan fingerprint density at radius 1 is 1.19 bits per heavy atom. The smallest absolute Gasteiger partial charge is 0.429 e. The molecule has 2 aromatic rings. The van der Waals surface area contributed by atoms with Gasteiger partial charge in [0.2, 0.25) is 0 Å². The molecule has 0 saturated carbocycles. The Morgan fingerprint density at radius 2 is 1.88 bits per heavy atom. The van der Waals surface area contributed by atoms with Crippen molar-refractivity contribution in [2.45, 2.75) is 46.3 Å². The number of hydrogen-bond donors (Lipinski definition) is 1. The van der Waals surface area contributed by atoms with Crippen LogP contribution in [0.4, 0.5) is 10.5 Å². The molecule has 0 heterocycles. The predicted octanol–water partition coefficient (Wildman–Crippen LogP) is 5.63. The highest BCUT2D eigenvalue weighted by Gasteiger charge is 2.29. The lowest BCUT2D eigenvalue weighted by Gasteiger charge is -2.31. The Balaban J connectivity index is 2.42. The van der Waals surface area contributed by atoms with Gasteiger partial charge in [0.25, 0.3) is 0 Å². The average Bonchev–Trinajstić information content (AvgIpc) is 2.79. The van der Waals surface area contributed by atoms with Gasteiger partial charge >= 0.3 is 6.09 Å². The molecule has 0 saturated heterocycles. The minimum atomic E-state index is -0.809. The maximum atomic E-state index is 13.1. The monoisotopic (exact) mass is 504 g/mol. The number of amides is 1. The molecule has 2 aromatic carbocycles. The number of carbonyl (C=O) groups is 3. The van der Waals surface area contributed by atoms with Crippen LogP contribution in [-0.2, 0) is 16.1 Å². The number of methoxy groups -OCH3 is 1. The van der Waals surface area contributed by atoms with E-state index in [1.54, 1.807) is 19.1 Å². The van der Waals surface area contributed by atoms with E-state index in [0.717, 1.165) is 10.6 Å². The third-order valence-corrected chi connectivity index (χ3v) is 5.20. The van der Waals surface area contributed by atoms with Crippen LogP contribution in [0, 0.1) is 5.92 Å². The first-order valence-electron chi connectivity index (χ1n) is 10.4. The summed E-state index contributed by atoms with van der Waals surface area (Å²) in [6.45, 7) is 5.70. The molecule has 0 bridgehead atoms. The minimum Gasteiger partial charge on any atom is -0.494 e. The Morgan fingerprint density at radius 3 is 2.44 bits per heavy atom. The molecule has 172 valence electrons. The highest BCUT2D eigenvalue weighted by atomic mass is 79.9. The third kappa shape index (κ3) is 6.82. The lowest BCUT2D eigenvalue weighted by Crippen LogP contribution is -2.46. The van der Waals surface area contributed by atoms with Gasteiger partial charge in [-0.3, -0.25) is 10.2 Å². The zero-order chi connectivity index (χ0) is 23.7. The van der Waals surface area contributed by atoms with Crippen molar-refractivity contribution < 1.29 is 23.9 Å². The average molecular weight is 505 g/mol. The number of Topliss-reactive ketones (excluding diaryl/α,β-unsaturated/α-hetero) is 1. The number of aldehydes is 1. The van der Waals surface area contributed by atoms with E-state index in [1.165, 1.54) is 7.11 Å². The highest BCUT2D eigenvalue weighted by molar-refractivity contribution is 9.10. The molecule has 32 heavy (non-hydrogen) atoms. The number of hydrogen-bond acceptors (Lipinski definition) is 6. The Kier molecular flexibility index (Phi) is 9.71. The zero-order valence-electron chi connectivity index (χ0n) is 18.8. The van der Waals surface area contributed by atoms with Gasteiger partial charge in [0, 0.05) is 16.5 Å². The second-order valence-electron chi connectivity index (χ2n) is 7.66. The van der Waals surface area contributed by atoms with Crippen molar-refractivity contribution in [2.75, 3.05) is 12.5 Å². The van der Waals surface area contributed by atoms with Crippen LogP contribution in [0.15, 0.2) is 46.9 Å². The van der Waals surface area contributed by atoms with Gasteiger partial charge < -0.3 is 14.3 Å². The maximum absolute atomic E-state index is 13.1. The molecule has 2 rings (SSSR count). The Bertz CT molecular complexity index is 933. The zero-order valence-corrected chi connectivity index (χ0v) is 20.3. The fourth-order valence-electron chi connectivity index (χ4n) is 3.15. The summed E-state index contributed by atoms with van der Waals surface area (Å²) in [7, 11) is 1.47. The van der Waals surface area contributed by atoms with Gasteiger partial charge in [0.05, 0.1) is 7.11 Å². The predicted molar refractivity (Wildman–Crippen MR) is 127 cm³/mol. The molecule has 0 aliphatic carbocycles. The molecule has 7 nitrogen and oxygen atoms in total. The first kappa shape index (κ1) is 25.4. The summed E-state index contributed by atoms with van der Waals surface area (Å²) in [5.74, 6) is 0.349. The van der Waals surface area contributed by atoms with Crippen LogP contribution in [0.25, 0.3) is 0 Å². The number of rotatable bonds is 11. The molecular weight excluding hydrogens is 476 g/mol. The van der Waals surface area contributed by atoms with Crippen molar-refractivity contribution in [2.24, 2.45) is 5.92 Å². The molecular formula is C24H29BrN2O5. The quantitative estimate of drug-likeness (QED) is 0.242. The molecule has 0 radical (unpaired) electrons. The number of halogens is 1. The van der Waals surface area contributed by atoms with Crippen LogP contribution in [0.1, 0.15) is 49.5 Å². The van der Waals surface area contributed by atoms with Crippen molar-refractivity contribution in [3.63, 3.8) is 0 Å². The number of nitrogens with one attached hydrogen (secondary N) is 1. The standard InChI is InChI=1S/C24H29BrN2O5/c1-5-21(29)20-12-18(25)13-22(31-4)23(20)26-27(19(14-28)11-16(2)3)24(30)32-15-17-9-7-6-8-10-17/h6-10,12-14,16,19,26H,5,11,15H2,1-4H3. The molecule has 0 spiro atoms. The van der Waals surface area contributed by atoms with E-state index in [1.807, 2.05) is 44.2 Å². The second-order valence-corrected chi connectivity index (χ2v) is 8.58. The topological polar surface area (TPSA) is 84.9 Å². The lowest BCUT2D eigenvalue weighted by atomic mass is 10.0. The fourth-order valence-corrected chi connectivity index (χ4v) is 3.58. The van der Waals surface area contributed by atoms with Gasteiger partial charge in [-0.25, -0.2) is 9.80 Å². The number of hydrazine groups is 1. The molecule has 1 N–H and O–H groups in total. The van der Waals surface area contributed by atoms with E-state index in [2.05, 4.69) is 21.4 Å². The van der Waals surface area contributed by atoms with E-state index < -0.39 is 12.1 Å². The molecule has 0 aliphatic heterocycles. The van der Waals surface area contributed by atoms with E-state index in [0.29, 0.717) is 34.2 Å². The highest BCUT2D eigenvalue weighted by Crippen LogP contribution is 2.34. The van der Waals surface area contributed by atoms with Gasteiger partial charge in [0.1, 0.15) is 30.4 Å². The number of anilines is 1. The summed E-state index contributed by atoms with van der Waals surface area (Å²) >= 11 is 3.39. The van der Waals surface area contributed by atoms with Gasteiger partial charge in [-0.1, -0.05) is 67.0 Å². The lowest BCUT2D eigenvalue weighted by molar-refractivity contribution is -0.112. The molecule has 1 unspecified atom stereocenters. The Hall–Kier alpha value is -2.87. The number of benzene rings is 2. The van der Waals surface area contributed by atoms with E-state index in [-0.39, 0.29) is 24.7 Å². The minimum absolute atomic E-state index is 0.0450. The third-order valence-electron chi connectivity index (χ3n) is 4.74. The van der Waals surface area contributed by atoms with E-state index >= 15 is 0 Å². The number of ketones is 1. The van der Waals surface area contributed by atoms with Crippen LogP contribution in [0.3, 0.4) is 0 Å². The van der Waals surface area contributed by atoms with Gasteiger partial charge in [0.15, 0.2) is 5.78 Å². The number of nitrogens with zero attached hydrogens (tertiary/aromatic N) is 1. The van der Waals surface area contributed by atoms with Gasteiger partial charge in [-0.2, -0.15) is 0 Å². The fraction of sp³-hybridized carbons (Fsp3) is 0.375. The normalized spacial score (nSPS) is 11.6. The molecule has 8 heteroatoms. The van der Waals surface area contributed by atoms with Crippen LogP contribution in [0.5, 0.6) is 5.75 Å². The van der Waals surface area contributed by atoms with Crippen LogP contribution in [-0.4, -0.2) is 36.3 Å². The summed E-state index contributed by atoms with van der Waals surface area (Å²) in [6.07, 6.45) is 0.637. The maximum Gasteiger partial charge on any atom is 0.429 e. The Labute approximate surface area is 197 Å². The van der Waals surface area contributed by atoms with Crippen molar-refractivity contribution in [3.05, 3.63) is 58.1 Å². The molecule has 0 aromatic heterocycles.